The summed E-state index contributed by atoms with van der Waals surface area (Å²) < 4.78 is 0. The molecule has 2 N–H and O–H groups in total. The lowest BCUT2D eigenvalue weighted by Gasteiger charge is -2.34. The van der Waals surface area contributed by atoms with Crippen LogP contribution in [0.1, 0.15) is 71.1 Å². The molecule has 0 heterocycles. The second-order valence-electron chi connectivity index (χ2n) is 6.12. The van der Waals surface area contributed by atoms with E-state index in [1.54, 1.807) is 0 Å². The third-order valence-electron chi connectivity index (χ3n) is 4.73. The van der Waals surface area contributed by atoms with Crippen molar-refractivity contribution in [2.45, 2.75) is 77.2 Å². The van der Waals surface area contributed by atoms with E-state index < -0.39 is 0 Å². The molecule has 0 aromatic rings. The summed E-state index contributed by atoms with van der Waals surface area (Å²) in [6, 6.07) is 0.872. The second kappa shape index (κ2) is 9.80. The van der Waals surface area contributed by atoms with Crippen LogP contribution in [0.15, 0.2) is 0 Å². The monoisotopic (exact) mass is 254 g/mol. The summed E-state index contributed by atoms with van der Waals surface area (Å²) in [5.41, 5.74) is 5.50. The van der Waals surface area contributed by atoms with Gasteiger partial charge >= 0.3 is 0 Å². The van der Waals surface area contributed by atoms with Crippen LogP contribution in [-0.4, -0.2) is 31.1 Å². The molecule has 18 heavy (non-hydrogen) atoms. The Hall–Kier alpha value is -0.0800. The van der Waals surface area contributed by atoms with Gasteiger partial charge in [0.2, 0.25) is 0 Å². The van der Waals surface area contributed by atoms with Crippen molar-refractivity contribution in [2.24, 2.45) is 11.7 Å². The van der Waals surface area contributed by atoms with E-state index in [-0.39, 0.29) is 0 Å². The van der Waals surface area contributed by atoms with Gasteiger partial charge in [0.25, 0.3) is 0 Å². The summed E-state index contributed by atoms with van der Waals surface area (Å²) in [5.74, 6) is 1.02. The molecule has 108 valence electrons. The minimum absolute atomic E-state index is 0.862. The molecular weight excluding hydrogens is 220 g/mol. The lowest BCUT2D eigenvalue weighted by atomic mass is 9.84. The van der Waals surface area contributed by atoms with Gasteiger partial charge < -0.3 is 10.6 Å². The fourth-order valence-electron chi connectivity index (χ4n) is 3.21. The predicted octanol–water partition coefficient (Wildman–Crippen LogP) is 3.80. The maximum atomic E-state index is 5.50. The SMILES string of the molecule is CCC1CCC(N(C)CCCCCCCN)CC1. The molecule has 0 atom stereocenters. The number of unbranched alkanes of at least 4 members (excludes halogenated alkanes) is 4. The number of hydrogen-bond donors (Lipinski definition) is 1. The van der Waals surface area contributed by atoms with Crippen molar-refractivity contribution in [1.82, 2.24) is 4.90 Å². The molecule has 0 spiro atoms. The van der Waals surface area contributed by atoms with E-state index in [0.717, 1.165) is 18.5 Å². The largest absolute Gasteiger partial charge is 0.330 e. The third-order valence-corrected chi connectivity index (χ3v) is 4.73. The molecule has 1 aliphatic rings. The van der Waals surface area contributed by atoms with Crippen LogP contribution < -0.4 is 5.73 Å². The highest BCUT2D eigenvalue weighted by Gasteiger charge is 2.22. The fraction of sp³-hybridized carbons (Fsp3) is 1.00. The van der Waals surface area contributed by atoms with Crippen LogP contribution in [0.4, 0.5) is 0 Å². The van der Waals surface area contributed by atoms with Gasteiger partial charge in [-0.05, 0) is 64.6 Å². The van der Waals surface area contributed by atoms with Crippen molar-refractivity contribution in [3.8, 4) is 0 Å². The van der Waals surface area contributed by atoms with Crippen LogP contribution in [0.25, 0.3) is 0 Å². The highest BCUT2D eigenvalue weighted by atomic mass is 15.1. The lowest BCUT2D eigenvalue weighted by Crippen LogP contribution is -2.35. The standard InChI is InChI=1S/C16H34N2/c1-3-15-9-11-16(12-10-15)18(2)14-8-6-4-5-7-13-17/h15-16H,3-14,17H2,1-2H3. The molecule has 0 saturated heterocycles. The van der Waals surface area contributed by atoms with Crippen molar-refractivity contribution < 1.29 is 0 Å². The summed E-state index contributed by atoms with van der Waals surface area (Å²) >= 11 is 0. The summed E-state index contributed by atoms with van der Waals surface area (Å²) in [4.78, 5) is 2.62. The molecule has 0 amide bonds. The smallest absolute Gasteiger partial charge is 0.00924 e. The average Bonchev–Trinajstić information content (AvgIpc) is 2.42. The van der Waals surface area contributed by atoms with Gasteiger partial charge in [-0.25, -0.2) is 0 Å². The summed E-state index contributed by atoms with van der Waals surface area (Å²) in [6.45, 7) is 4.50. The van der Waals surface area contributed by atoms with Crippen molar-refractivity contribution in [3.63, 3.8) is 0 Å². The van der Waals surface area contributed by atoms with Crippen LogP contribution in [-0.2, 0) is 0 Å². The maximum Gasteiger partial charge on any atom is 0.00924 e. The first-order valence-electron chi connectivity index (χ1n) is 8.18. The number of rotatable bonds is 9. The zero-order valence-corrected chi connectivity index (χ0v) is 12.7. The zero-order chi connectivity index (χ0) is 13.2. The summed E-state index contributed by atoms with van der Waals surface area (Å²) in [5, 5.41) is 0. The maximum absolute atomic E-state index is 5.50. The fourth-order valence-corrected chi connectivity index (χ4v) is 3.21. The molecule has 1 fully saturated rings. The Kier molecular flexibility index (Phi) is 8.70. The van der Waals surface area contributed by atoms with Gasteiger partial charge in [0, 0.05) is 6.04 Å². The molecule has 0 unspecified atom stereocenters. The molecular formula is C16H34N2. The van der Waals surface area contributed by atoms with Crippen molar-refractivity contribution in [1.29, 1.82) is 0 Å². The van der Waals surface area contributed by atoms with Gasteiger partial charge in [0.1, 0.15) is 0 Å². The Balaban J connectivity index is 2.01. The molecule has 1 rings (SSSR count). The van der Waals surface area contributed by atoms with Gasteiger partial charge in [0.05, 0.1) is 0 Å². The van der Waals surface area contributed by atoms with Crippen LogP contribution in [0, 0.1) is 5.92 Å². The Morgan fingerprint density at radius 3 is 2.17 bits per heavy atom. The Morgan fingerprint density at radius 1 is 0.944 bits per heavy atom. The first-order chi connectivity index (χ1) is 8.77. The molecule has 1 aliphatic carbocycles. The van der Waals surface area contributed by atoms with E-state index in [1.807, 2.05) is 0 Å². The number of nitrogens with two attached hydrogens (primary N) is 1. The van der Waals surface area contributed by atoms with E-state index in [9.17, 15) is 0 Å². The Bertz CT molecular complexity index is 186. The quantitative estimate of drug-likeness (QED) is 0.634. The first kappa shape index (κ1) is 16.0. The summed E-state index contributed by atoms with van der Waals surface area (Å²) in [6.07, 6.45) is 13.8. The number of hydrogen-bond acceptors (Lipinski definition) is 2. The molecule has 2 nitrogen and oxygen atoms in total. The van der Waals surface area contributed by atoms with Gasteiger partial charge in [-0.1, -0.05) is 32.6 Å². The summed E-state index contributed by atoms with van der Waals surface area (Å²) in [7, 11) is 2.33. The topological polar surface area (TPSA) is 29.3 Å². The highest BCUT2D eigenvalue weighted by molar-refractivity contribution is 4.77. The predicted molar refractivity (Wildman–Crippen MR) is 80.8 cm³/mol. The second-order valence-corrected chi connectivity index (χ2v) is 6.12. The molecule has 0 radical (unpaired) electrons. The third kappa shape index (κ3) is 6.19. The van der Waals surface area contributed by atoms with Crippen LogP contribution in [0.5, 0.6) is 0 Å². The normalized spacial score (nSPS) is 24.7. The minimum Gasteiger partial charge on any atom is -0.330 e. The molecule has 2 heteroatoms. The molecule has 1 saturated carbocycles. The average molecular weight is 254 g/mol. The van der Waals surface area contributed by atoms with Gasteiger partial charge in [-0.2, -0.15) is 0 Å². The van der Waals surface area contributed by atoms with Crippen LogP contribution in [0.3, 0.4) is 0 Å². The van der Waals surface area contributed by atoms with Gasteiger partial charge in [-0.15, -0.1) is 0 Å². The van der Waals surface area contributed by atoms with E-state index in [0.29, 0.717) is 0 Å². The van der Waals surface area contributed by atoms with Crippen LogP contribution in [0.2, 0.25) is 0 Å². The van der Waals surface area contributed by atoms with Crippen molar-refractivity contribution >= 4 is 0 Å². The Morgan fingerprint density at radius 2 is 1.56 bits per heavy atom. The first-order valence-corrected chi connectivity index (χ1v) is 8.18. The lowest BCUT2D eigenvalue weighted by molar-refractivity contribution is 0.161. The van der Waals surface area contributed by atoms with E-state index >= 15 is 0 Å². The molecule has 0 aromatic carbocycles. The number of nitrogens with zero attached hydrogens (tertiary/aromatic N) is 1. The molecule has 0 aliphatic heterocycles. The van der Waals surface area contributed by atoms with E-state index in [1.165, 1.54) is 70.8 Å². The highest BCUT2D eigenvalue weighted by Crippen LogP contribution is 2.28. The van der Waals surface area contributed by atoms with Gasteiger partial charge in [0.15, 0.2) is 0 Å². The molecule has 0 bridgehead atoms. The Labute approximate surface area is 114 Å². The zero-order valence-electron chi connectivity index (χ0n) is 12.7. The van der Waals surface area contributed by atoms with Crippen LogP contribution >= 0.6 is 0 Å². The van der Waals surface area contributed by atoms with E-state index in [4.69, 9.17) is 5.73 Å². The minimum atomic E-state index is 0.862. The van der Waals surface area contributed by atoms with Crippen molar-refractivity contribution in [3.05, 3.63) is 0 Å². The molecule has 0 aromatic heterocycles. The van der Waals surface area contributed by atoms with Crippen molar-refractivity contribution in [2.75, 3.05) is 20.1 Å². The van der Waals surface area contributed by atoms with Gasteiger partial charge in [-0.3, -0.25) is 0 Å². The van der Waals surface area contributed by atoms with E-state index in [2.05, 4.69) is 18.9 Å².